The molecule has 0 radical (unpaired) electrons. The molecule has 0 aliphatic carbocycles. The van der Waals surface area contributed by atoms with Gasteiger partial charge in [-0.2, -0.15) is 0 Å². The maximum Gasteiger partial charge on any atom is 0.317 e. The van der Waals surface area contributed by atoms with Crippen molar-refractivity contribution in [2.24, 2.45) is 4.99 Å². The predicted molar refractivity (Wildman–Crippen MR) is 153 cm³/mol. The van der Waals surface area contributed by atoms with E-state index in [0.29, 0.717) is 13.1 Å². The molecule has 0 heterocycles. The molecule has 2 N–H and O–H groups in total. The van der Waals surface area contributed by atoms with Crippen LogP contribution in [0.2, 0.25) is 0 Å². The molecule has 0 aromatic heterocycles. The number of hydrogen-bond acceptors (Lipinski definition) is 5. The van der Waals surface area contributed by atoms with Gasteiger partial charge in [0.1, 0.15) is 0 Å². The summed E-state index contributed by atoms with van der Waals surface area (Å²) in [4.78, 5) is 28.9. The van der Waals surface area contributed by atoms with Crippen LogP contribution >= 0.6 is 0 Å². The van der Waals surface area contributed by atoms with Crippen LogP contribution in [0.25, 0.3) is 0 Å². The minimum absolute atomic E-state index is 0.0937. The van der Waals surface area contributed by atoms with Crippen LogP contribution in [0.15, 0.2) is 4.99 Å². The minimum Gasteiger partial charge on any atom is -0.861 e. The predicted octanol–water partition coefficient (Wildman–Crippen LogP) is 6.09. The molecule has 0 unspecified atom stereocenters. The Morgan fingerprint density at radius 1 is 0.649 bits per heavy atom. The van der Waals surface area contributed by atoms with Crippen molar-refractivity contribution >= 4 is 17.8 Å². The van der Waals surface area contributed by atoms with E-state index in [1.807, 2.05) is 0 Å². The van der Waals surface area contributed by atoms with E-state index in [1.165, 1.54) is 108 Å². The SMILES string of the molecule is CCCCCCCCCCCCN=C([O-])CN(CC(=O)O)CC(=O)NCCCCCCCCCCCC. The van der Waals surface area contributed by atoms with Crippen LogP contribution in [0.3, 0.4) is 0 Å². The molecule has 218 valence electrons. The maximum absolute atomic E-state index is 12.2. The van der Waals surface area contributed by atoms with Gasteiger partial charge in [-0.25, -0.2) is 0 Å². The van der Waals surface area contributed by atoms with Crippen molar-refractivity contribution in [3.8, 4) is 0 Å². The maximum atomic E-state index is 12.2. The molecule has 0 saturated heterocycles. The van der Waals surface area contributed by atoms with Crippen molar-refractivity contribution < 1.29 is 19.8 Å². The van der Waals surface area contributed by atoms with Crippen LogP contribution in [0.1, 0.15) is 142 Å². The van der Waals surface area contributed by atoms with E-state index in [9.17, 15) is 14.7 Å². The third kappa shape index (κ3) is 27.2. The lowest BCUT2D eigenvalue weighted by Gasteiger charge is -2.23. The van der Waals surface area contributed by atoms with E-state index >= 15 is 0 Å². The largest absolute Gasteiger partial charge is 0.861 e. The van der Waals surface area contributed by atoms with Crippen LogP contribution < -0.4 is 10.4 Å². The van der Waals surface area contributed by atoms with Crippen LogP contribution in [0, 0.1) is 0 Å². The van der Waals surface area contributed by atoms with Crippen LogP contribution in [-0.4, -0.2) is 60.5 Å². The van der Waals surface area contributed by atoms with Gasteiger partial charge in [-0.1, -0.05) is 129 Å². The molecule has 0 fully saturated rings. The van der Waals surface area contributed by atoms with E-state index < -0.39 is 5.97 Å². The molecule has 7 nitrogen and oxygen atoms in total. The van der Waals surface area contributed by atoms with Gasteiger partial charge in [0, 0.05) is 19.6 Å². The standard InChI is InChI=1S/C30H59N3O4/c1-3-5-7-9-11-13-15-17-19-21-23-31-28(34)25-33(27-30(36)37)26-29(35)32-24-22-20-18-16-14-12-10-8-6-4-2/h3-27H2,1-2H3,(H,31,34)(H,32,35)(H,36,37)/p-1. The van der Waals surface area contributed by atoms with E-state index in [-0.39, 0.29) is 31.4 Å². The van der Waals surface area contributed by atoms with Crippen molar-refractivity contribution in [3.63, 3.8) is 0 Å². The Hall–Kier alpha value is -1.63. The minimum atomic E-state index is -1.05. The van der Waals surface area contributed by atoms with Crippen LogP contribution in [-0.2, 0) is 9.59 Å². The zero-order valence-electron chi connectivity index (χ0n) is 24.2. The zero-order valence-corrected chi connectivity index (χ0v) is 24.2. The summed E-state index contributed by atoms with van der Waals surface area (Å²) in [6, 6.07) is 0. The smallest absolute Gasteiger partial charge is 0.317 e. The Kier molecular flexibility index (Phi) is 26.2. The Labute approximate surface area is 227 Å². The molecule has 0 aromatic carbocycles. The molecule has 0 atom stereocenters. The summed E-state index contributed by atoms with van der Waals surface area (Å²) >= 11 is 0. The topological polar surface area (TPSA) is 105 Å². The highest BCUT2D eigenvalue weighted by Gasteiger charge is 2.13. The fraction of sp³-hybridized carbons (Fsp3) is 0.900. The van der Waals surface area contributed by atoms with Gasteiger partial charge in [0.05, 0.1) is 13.1 Å². The first-order chi connectivity index (χ1) is 18.0. The third-order valence-corrected chi connectivity index (χ3v) is 6.74. The average molecular weight is 525 g/mol. The monoisotopic (exact) mass is 524 g/mol. The normalized spacial score (nSPS) is 11.8. The molecular weight excluding hydrogens is 466 g/mol. The number of amides is 1. The van der Waals surface area contributed by atoms with Gasteiger partial charge in [0.25, 0.3) is 0 Å². The average Bonchev–Trinajstić information content (AvgIpc) is 2.85. The van der Waals surface area contributed by atoms with Crippen LogP contribution in [0.4, 0.5) is 0 Å². The van der Waals surface area contributed by atoms with Crippen LogP contribution in [0.5, 0.6) is 0 Å². The number of carboxylic acids is 1. The molecule has 1 amide bonds. The van der Waals surface area contributed by atoms with Gasteiger partial charge in [-0.15, -0.1) is 0 Å². The molecule has 37 heavy (non-hydrogen) atoms. The zero-order chi connectivity index (χ0) is 27.4. The summed E-state index contributed by atoms with van der Waals surface area (Å²) in [5.41, 5.74) is 0. The third-order valence-electron chi connectivity index (χ3n) is 6.74. The van der Waals surface area contributed by atoms with Crippen molar-refractivity contribution in [1.29, 1.82) is 0 Å². The summed E-state index contributed by atoms with van der Waals surface area (Å²) < 4.78 is 0. The van der Waals surface area contributed by atoms with Gasteiger partial charge in [0.15, 0.2) is 0 Å². The van der Waals surface area contributed by atoms with Crippen molar-refractivity contribution in [2.75, 3.05) is 32.7 Å². The molecule has 0 aliphatic heterocycles. The summed E-state index contributed by atoms with van der Waals surface area (Å²) in [5.74, 6) is -1.63. The molecule has 7 heteroatoms. The Morgan fingerprint density at radius 3 is 1.54 bits per heavy atom. The fourth-order valence-corrected chi connectivity index (χ4v) is 4.50. The van der Waals surface area contributed by atoms with Crippen molar-refractivity contribution in [3.05, 3.63) is 0 Å². The van der Waals surface area contributed by atoms with Gasteiger partial charge < -0.3 is 20.5 Å². The number of carboxylic acid groups (broad SMARTS) is 1. The summed E-state index contributed by atoms with van der Waals surface area (Å²) in [5, 5.41) is 24.2. The number of unbranched alkanes of at least 4 members (excludes halogenated alkanes) is 18. The van der Waals surface area contributed by atoms with Gasteiger partial charge in [-0.05, 0) is 18.7 Å². The summed E-state index contributed by atoms with van der Waals surface area (Å²) in [6.45, 7) is 4.97. The second-order valence-corrected chi connectivity index (χ2v) is 10.5. The summed E-state index contributed by atoms with van der Waals surface area (Å²) in [6.07, 6.45) is 24.6. The lowest BCUT2D eigenvalue weighted by Crippen LogP contribution is -2.44. The number of nitrogens with one attached hydrogen (secondary N) is 1. The van der Waals surface area contributed by atoms with Gasteiger partial charge in [-0.3, -0.25) is 14.5 Å². The Balaban J connectivity index is 3.93. The molecule has 0 aromatic rings. The molecule has 0 saturated carbocycles. The van der Waals surface area contributed by atoms with E-state index in [0.717, 1.165) is 25.7 Å². The summed E-state index contributed by atoms with van der Waals surface area (Å²) in [7, 11) is 0. The Bertz CT molecular complexity index is 569. The lowest BCUT2D eigenvalue weighted by molar-refractivity contribution is -0.220. The highest BCUT2D eigenvalue weighted by molar-refractivity contribution is 5.81. The van der Waals surface area contributed by atoms with Crippen molar-refractivity contribution in [2.45, 2.75) is 142 Å². The fourth-order valence-electron chi connectivity index (χ4n) is 4.50. The van der Waals surface area contributed by atoms with E-state index in [1.54, 1.807) is 0 Å². The quantitative estimate of drug-likeness (QED) is 0.0732. The lowest BCUT2D eigenvalue weighted by atomic mass is 10.1. The van der Waals surface area contributed by atoms with Crippen molar-refractivity contribution in [1.82, 2.24) is 10.2 Å². The van der Waals surface area contributed by atoms with Gasteiger partial charge >= 0.3 is 5.97 Å². The molecule has 0 rings (SSSR count). The number of hydrogen-bond donors (Lipinski definition) is 2. The van der Waals surface area contributed by atoms with Gasteiger partial charge in [0.2, 0.25) is 5.91 Å². The Morgan fingerprint density at radius 2 is 1.08 bits per heavy atom. The molecule has 0 bridgehead atoms. The first kappa shape index (κ1) is 35.4. The number of rotatable bonds is 28. The molecular formula is C30H58N3O4-. The van der Waals surface area contributed by atoms with E-state index in [4.69, 9.17) is 5.11 Å². The highest BCUT2D eigenvalue weighted by atomic mass is 16.4. The molecule has 0 aliphatic rings. The number of carbonyl (C=O) groups excluding carboxylic acids is 1. The first-order valence-corrected chi connectivity index (χ1v) is 15.4. The van der Waals surface area contributed by atoms with E-state index in [2.05, 4.69) is 24.2 Å². The highest BCUT2D eigenvalue weighted by Crippen LogP contribution is 2.11. The number of aliphatic carboxylic acids is 1. The number of carbonyl (C=O) groups is 2. The number of aliphatic imine (C=N–C) groups is 1. The second kappa shape index (κ2) is 27.4. The number of nitrogens with zero attached hydrogens (tertiary/aromatic N) is 2. The second-order valence-electron chi connectivity index (χ2n) is 10.5. The molecule has 0 spiro atoms. The first-order valence-electron chi connectivity index (χ1n) is 15.4.